The van der Waals surface area contributed by atoms with Crippen molar-refractivity contribution >= 4 is 18.0 Å². The number of unbranched alkanes of at least 4 members (excludes halogenated alkanes) is 6. The van der Waals surface area contributed by atoms with E-state index < -0.39 is 5.97 Å². The highest BCUT2D eigenvalue weighted by Gasteiger charge is 2.13. The van der Waals surface area contributed by atoms with Gasteiger partial charge in [0.1, 0.15) is 5.75 Å². The summed E-state index contributed by atoms with van der Waals surface area (Å²) in [5.74, 6) is 0.846. The molecule has 0 unspecified atom stereocenters. The summed E-state index contributed by atoms with van der Waals surface area (Å²) >= 11 is 0. The molecule has 36 heavy (non-hydrogen) atoms. The van der Waals surface area contributed by atoms with Crippen LogP contribution >= 0.6 is 0 Å². The second kappa shape index (κ2) is 16.2. The smallest absolute Gasteiger partial charge is 0.343 e. The molecule has 2 aromatic rings. The Morgan fingerprint density at radius 1 is 0.861 bits per heavy atom. The van der Waals surface area contributed by atoms with Gasteiger partial charge in [0.05, 0.1) is 25.9 Å². The van der Waals surface area contributed by atoms with Gasteiger partial charge < -0.3 is 18.9 Å². The summed E-state index contributed by atoms with van der Waals surface area (Å²) < 4.78 is 21.8. The van der Waals surface area contributed by atoms with Gasteiger partial charge in [0.2, 0.25) is 0 Å². The average molecular weight is 495 g/mol. The fourth-order valence-corrected chi connectivity index (χ4v) is 3.48. The van der Waals surface area contributed by atoms with Crippen LogP contribution < -0.4 is 14.2 Å². The lowest BCUT2D eigenvalue weighted by atomic mass is 10.1. The van der Waals surface area contributed by atoms with E-state index in [0.717, 1.165) is 56.3 Å². The van der Waals surface area contributed by atoms with Crippen LogP contribution in [0.15, 0.2) is 60.7 Å². The molecule has 194 valence electrons. The predicted octanol–water partition coefficient (Wildman–Crippen LogP) is 7.18. The molecule has 0 heterocycles. The van der Waals surface area contributed by atoms with Crippen molar-refractivity contribution in [1.29, 1.82) is 0 Å². The molecule has 6 nitrogen and oxygen atoms in total. The number of allylic oxidation sites excluding steroid dienone is 1. The number of hydrogen-bond acceptors (Lipinski definition) is 6. The largest absolute Gasteiger partial charge is 0.494 e. The van der Waals surface area contributed by atoms with E-state index in [1.807, 2.05) is 31.2 Å². The van der Waals surface area contributed by atoms with Gasteiger partial charge in [0, 0.05) is 5.57 Å². The number of carbonyl (C=O) groups excluding carboxylic acids is 2. The van der Waals surface area contributed by atoms with Crippen molar-refractivity contribution < 1.29 is 28.5 Å². The van der Waals surface area contributed by atoms with Gasteiger partial charge in [0.25, 0.3) is 0 Å². The first-order chi connectivity index (χ1) is 17.4. The van der Waals surface area contributed by atoms with Gasteiger partial charge in [-0.15, -0.1) is 0 Å². The summed E-state index contributed by atoms with van der Waals surface area (Å²) in [6.45, 7) is 8.26. The van der Waals surface area contributed by atoms with Gasteiger partial charge in [-0.25, -0.2) is 9.59 Å². The van der Waals surface area contributed by atoms with Gasteiger partial charge in [0.15, 0.2) is 11.5 Å². The van der Waals surface area contributed by atoms with Gasteiger partial charge in [-0.05, 0) is 68.7 Å². The van der Waals surface area contributed by atoms with Crippen LogP contribution in [0.4, 0.5) is 0 Å². The molecule has 0 aliphatic carbocycles. The Balaban J connectivity index is 1.62. The summed E-state index contributed by atoms with van der Waals surface area (Å²) in [7, 11) is 1.55. The lowest BCUT2D eigenvalue weighted by Gasteiger charge is -2.11. The summed E-state index contributed by atoms with van der Waals surface area (Å²) in [5.41, 5.74) is 1.85. The number of ether oxygens (including phenoxy) is 4. The van der Waals surface area contributed by atoms with Crippen molar-refractivity contribution in [3.8, 4) is 17.2 Å². The molecular weight excluding hydrogens is 456 g/mol. The molecule has 6 heteroatoms. The first-order valence-electron chi connectivity index (χ1n) is 12.5. The number of benzene rings is 2. The summed E-state index contributed by atoms with van der Waals surface area (Å²) in [6.07, 6.45) is 11.4. The lowest BCUT2D eigenvalue weighted by Crippen LogP contribution is -2.09. The van der Waals surface area contributed by atoms with Crippen LogP contribution in [0.25, 0.3) is 6.08 Å². The summed E-state index contributed by atoms with van der Waals surface area (Å²) in [5, 5.41) is 0. The van der Waals surface area contributed by atoms with Gasteiger partial charge in [-0.2, -0.15) is 0 Å². The summed E-state index contributed by atoms with van der Waals surface area (Å²) in [4.78, 5) is 23.8. The molecule has 0 bridgehead atoms. The first kappa shape index (κ1) is 28.7. The fourth-order valence-electron chi connectivity index (χ4n) is 3.48. The molecule has 0 aliphatic rings. The molecule has 0 atom stereocenters. The molecule has 0 aromatic heterocycles. The molecule has 0 fully saturated rings. The molecule has 0 radical (unpaired) electrons. The highest BCUT2D eigenvalue weighted by molar-refractivity contribution is 5.91. The fraction of sp³-hybridized carbons (Fsp3) is 0.400. The molecule has 2 rings (SSSR count). The van der Waals surface area contributed by atoms with Crippen LogP contribution in [0.1, 0.15) is 74.7 Å². The number of hydrogen-bond donors (Lipinski definition) is 0. The van der Waals surface area contributed by atoms with Crippen LogP contribution in [0.5, 0.6) is 17.2 Å². The first-order valence-corrected chi connectivity index (χ1v) is 12.5. The molecule has 0 N–H and O–H groups in total. The zero-order chi connectivity index (χ0) is 26.2. The maximum atomic E-state index is 12.5. The molecule has 0 spiro atoms. The maximum Gasteiger partial charge on any atom is 0.343 e. The van der Waals surface area contributed by atoms with Crippen LogP contribution in [0.2, 0.25) is 0 Å². The third-order valence-electron chi connectivity index (χ3n) is 5.48. The monoisotopic (exact) mass is 494 g/mol. The van der Waals surface area contributed by atoms with Gasteiger partial charge in [-0.3, -0.25) is 0 Å². The van der Waals surface area contributed by atoms with E-state index >= 15 is 0 Å². The van der Waals surface area contributed by atoms with Crippen LogP contribution in [0, 0.1) is 0 Å². The van der Waals surface area contributed by atoms with Crippen LogP contribution in [0.3, 0.4) is 0 Å². The maximum absolute atomic E-state index is 12.5. The Bertz CT molecular complexity index is 1010. The van der Waals surface area contributed by atoms with Crippen LogP contribution in [-0.2, 0) is 9.53 Å². The molecule has 0 saturated carbocycles. The second-order valence-electron chi connectivity index (χ2n) is 8.56. The van der Waals surface area contributed by atoms with Crippen molar-refractivity contribution in [1.82, 2.24) is 0 Å². The highest BCUT2D eigenvalue weighted by atomic mass is 16.6. The van der Waals surface area contributed by atoms with Crippen molar-refractivity contribution in [2.75, 3.05) is 20.3 Å². The van der Waals surface area contributed by atoms with Gasteiger partial charge in [-0.1, -0.05) is 56.9 Å². The zero-order valence-electron chi connectivity index (χ0n) is 21.7. The van der Waals surface area contributed by atoms with E-state index in [1.54, 1.807) is 44.4 Å². The zero-order valence-corrected chi connectivity index (χ0v) is 21.7. The topological polar surface area (TPSA) is 71.1 Å². The van der Waals surface area contributed by atoms with Gasteiger partial charge >= 0.3 is 11.9 Å². The van der Waals surface area contributed by atoms with E-state index in [2.05, 4.69) is 6.58 Å². The highest BCUT2D eigenvalue weighted by Crippen LogP contribution is 2.29. The van der Waals surface area contributed by atoms with E-state index in [0.29, 0.717) is 35.8 Å². The minimum Gasteiger partial charge on any atom is -0.494 e. The summed E-state index contributed by atoms with van der Waals surface area (Å²) in [6, 6.07) is 12.4. The van der Waals surface area contributed by atoms with Crippen molar-refractivity contribution in [2.45, 2.75) is 58.8 Å². The number of rotatable bonds is 16. The average Bonchev–Trinajstić information content (AvgIpc) is 2.88. The predicted molar refractivity (Wildman–Crippen MR) is 143 cm³/mol. The Labute approximate surface area is 214 Å². The second-order valence-corrected chi connectivity index (χ2v) is 8.56. The van der Waals surface area contributed by atoms with Crippen molar-refractivity contribution in [2.24, 2.45) is 0 Å². The van der Waals surface area contributed by atoms with E-state index in [-0.39, 0.29) is 5.97 Å². The third-order valence-corrected chi connectivity index (χ3v) is 5.48. The third kappa shape index (κ3) is 10.4. The Kier molecular flexibility index (Phi) is 12.9. The number of methoxy groups -OCH3 is 1. The van der Waals surface area contributed by atoms with Crippen LogP contribution in [-0.4, -0.2) is 32.3 Å². The molecular formula is C30H38O6. The quantitative estimate of drug-likeness (QED) is 0.107. The van der Waals surface area contributed by atoms with E-state index in [9.17, 15) is 9.59 Å². The molecule has 2 aromatic carbocycles. The molecule has 0 amide bonds. The number of carbonyl (C=O) groups is 2. The Morgan fingerprint density at radius 3 is 2.11 bits per heavy atom. The Morgan fingerprint density at radius 2 is 1.50 bits per heavy atom. The lowest BCUT2D eigenvalue weighted by molar-refractivity contribution is -0.139. The van der Waals surface area contributed by atoms with Crippen molar-refractivity contribution in [3.05, 3.63) is 71.8 Å². The Hall–Kier alpha value is -3.54. The standard InChI is InChI=1S/C30H38O6/c1-5-13-24-14-19-27(28(22-24)33-4)36-30(32)25-15-17-26(18-16-25)34-20-11-9-7-6-8-10-12-21-35-29(31)23(2)3/h5,13-19,22H,2,6-12,20-21H2,1,3-4H3/b13-5+. The van der Waals surface area contributed by atoms with E-state index in [1.165, 1.54) is 0 Å². The number of esters is 2. The minimum atomic E-state index is -0.451. The normalized spacial score (nSPS) is 10.8. The SMILES string of the molecule is C=C(C)C(=O)OCCCCCCCCCOc1ccc(C(=O)Oc2ccc(/C=C/C)cc2OC)cc1. The molecule has 0 aliphatic heterocycles. The van der Waals surface area contributed by atoms with Crippen molar-refractivity contribution in [3.63, 3.8) is 0 Å². The molecule has 0 saturated heterocycles. The minimum absolute atomic E-state index is 0.309. The van der Waals surface area contributed by atoms with E-state index in [4.69, 9.17) is 18.9 Å².